The zero-order valence-electron chi connectivity index (χ0n) is 13.0. The molecule has 0 saturated carbocycles. The van der Waals surface area contributed by atoms with Gasteiger partial charge < -0.3 is 10.3 Å². The zero-order valence-corrected chi connectivity index (χ0v) is 13.0. The van der Waals surface area contributed by atoms with Crippen molar-refractivity contribution in [2.24, 2.45) is 10.2 Å². The van der Waals surface area contributed by atoms with Crippen molar-refractivity contribution in [3.63, 3.8) is 0 Å². The van der Waals surface area contributed by atoms with E-state index in [2.05, 4.69) is 26.4 Å². The lowest BCUT2D eigenvalue weighted by atomic mass is 10.0. The Morgan fingerprint density at radius 3 is 2.88 bits per heavy atom. The van der Waals surface area contributed by atoms with Crippen molar-refractivity contribution < 1.29 is 4.79 Å². The molecule has 0 aliphatic carbocycles. The molecule has 1 amide bonds. The van der Waals surface area contributed by atoms with Gasteiger partial charge in [-0.2, -0.15) is 10.2 Å². The van der Waals surface area contributed by atoms with Gasteiger partial charge in [0.15, 0.2) is 5.66 Å². The molecule has 3 rings (SSSR count). The molecule has 7 nitrogen and oxygen atoms in total. The average molecular weight is 323 g/mol. The summed E-state index contributed by atoms with van der Waals surface area (Å²) in [5.41, 5.74) is 0.467. The fourth-order valence-corrected chi connectivity index (χ4v) is 2.47. The van der Waals surface area contributed by atoms with Crippen LogP contribution in [0.25, 0.3) is 5.69 Å². The van der Waals surface area contributed by atoms with E-state index >= 15 is 0 Å². The first kappa shape index (κ1) is 15.7. The van der Waals surface area contributed by atoms with E-state index in [9.17, 15) is 9.59 Å². The predicted octanol–water partition coefficient (Wildman–Crippen LogP) is 1.86. The normalized spacial score (nSPS) is 14.1. The van der Waals surface area contributed by atoms with Crippen LogP contribution in [0.4, 0.5) is 0 Å². The summed E-state index contributed by atoms with van der Waals surface area (Å²) in [5.74, 6) is 2.37. The van der Waals surface area contributed by atoms with Crippen LogP contribution in [0.5, 0.6) is 0 Å². The van der Waals surface area contributed by atoms with E-state index in [0.717, 1.165) is 0 Å². The van der Waals surface area contributed by atoms with Gasteiger partial charge in [0.05, 0.1) is 5.69 Å². The molecule has 1 aromatic carbocycles. The number of aromatic nitrogens is 2. The Hall–Kier alpha value is -3.14. The van der Waals surface area contributed by atoms with Crippen LogP contribution < -0.4 is 11.0 Å². The fraction of sp³-hybridized carbons (Fsp3) is 0.294. The van der Waals surface area contributed by atoms with Crippen molar-refractivity contribution in [2.45, 2.75) is 24.9 Å². The number of nitrogens with one attached hydrogen (secondary N) is 2. The van der Waals surface area contributed by atoms with Crippen molar-refractivity contribution in [1.29, 1.82) is 0 Å². The molecule has 0 spiro atoms. The molecule has 0 saturated heterocycles. The van der Waals surface area contributed by atoms with E-state index in [0.29, 0.717) is 37.1 Å². The maximum Gasteiger partial charge on any atom is 0.330 e. The summed E-state index contributed by atoms with van der Waals surface area (Å²) in [6.45, 7) is 0.463. The number of carbonyl (C=O) groups is 1. The summed E-state index contributed by atoms with van der Waals surface area (Å²) < 4.78 is 1.44. The second-order valence-electron chi connectivity index (χ2n) is 5.58. The number of carbonyl (C=O) groups excluding carboxylic acids is 1. The first-order valence-electron chi connectivity index (χ1n) is 7.66. The molecule has 0 unspecified atom stereocenters. The van der Waals surface area contributed by atoms with Crippen molar-refractivity contribution >= 4 is 5.91 Å². The Morgan fingerprint density at radius 1 is 1.38 bits per heavy atom. The van der Waals surface area contributed by atoms with Crippen molar-refractivity contribution in [1.82, 2.24) is 14.9 Å². The highest BCUT2D eigenvalue weighted by Gasteiger charge is 2.38. The van der Waals surface area contributed by atoms with Gasteiger partial charge in [0, 0.05) is 43.8 Å². The first-order chi connectivity index (χ1) is 11.6. The van der Waals surface area contributed by atoms with Crippen LogP contribution in [0.2, 0.25) is 0 Å². The highest BCUT2D eigenvalue weighted by molar-refractivity contribution is 5.94. The van der Waals surface area contributed by atoms with Crippen LogP contribution in [0.3, 0.4) is 0 Å². The third-order valence-corrected chi connectivity index (χ3v) is 3.90. The van der Waals surface area contributed by atoms with Crippen molar-refractivity contribution in [3.8, 4) is 18.0 Å². The van der Waals surface area contributed by atoms with Crippen LogP contribution >= 0.6 is 0 Å². The number of aromatic amines is 1. The Labute approximate surface area is 138 Å². The summed E-state index contributed by atoms with van der Waals surface area (Å²) >= 11 is 0. The van der Waals surface area contributed by atoms with Crippen LogP contribution in [-0.4, -0.2) is 27.7 Å². The van der Waals surface area contributed by atoms with Crippen LogP contribution in [0, 0.1) is 12.3 Å². The largest absolute Gasteiger partial charge is 0.352 e. The highest BCUT2D eigenvalue weighted by atomic mass is 16.2. The summed E-state index contributed by atoms with van der Waals surface area (Å²) in [5, 5.41) is 10.9. The van der Waals surface area contributed by atoms with E-state index in [1.165, 1.54) is 4.57 Å². The first-order valence-corrected chi connectivity index (χ1v) is 7.66. The van der Waals surface area contributed by atoms with Gasteiger partial charge in [0.2, 0.25) is 0 Å². The Kier molecular flexibility index (Phi) is 4.29. The molecule has 2 N–H and O–H groups in total. The number of hydrogen-bond acceptors (Lipinski definition) is 4. The zero-order chi connectivity index (χ0) is 17.0. The van der Waals surface area contributed by atoms with E-state index < -0.39 is 5.66 Å². The third kappa shape index (κ3) is 3.43. The van der Waals surface area contributed by atoms with Crippen LogP contribution in [-0.2, 0) is 0 Å². The summed E-state index contributed by atoms with van der Waals surface area (Å²) in [4.78, 5) is 26.5. The molecule has 0 bridgehead atoms. The van der Waals surface area contributed by atoms with Gasteiger partial charge in [0.25, 0.3) is 5.91 Å². The van der Waals surface area contributed by atoms with Gasteiger partial charge in [-0.1, -0.05) is 6.07 Å². The maximum atomic E-state index is 12.3. The molecule has 2 heterocycles. The van der Waals surface area contributed by atoms with E-state index in [1.54, 1.807) is 36.7 Å². The topological polar surface area (TPSA) is 91.6 Å². The van der Waals surface area contributed by atoms with Crippen molar-refractivity contribution in [2.75, 3.05) is 6.54 Å². The number of rotatable bonds is 7. The van der Waals surface area contributed by atoms with Gasteiger partial charge in [-0.05, 0) is 18.2 Å². The Bertz CT molecular complexity index is 865. The number of terminal acetylenes is 1. The molecule has 24 heavy (non-hydrogen) atoms. The quantitative estimate of drug-likeness (QED) is 0.761. The molecule has 0 fully saturated rings. The van der Waals surface area contributed by atoms with Gasteiger partial charge in [0.1, 0.15) is 0 Å². The standard InChI is InChI=1S/C17H17N5O2/c1-2-3-7-17(20-21-17)8-9-18-15(23)13-5-4-6-14(12-13)22-11-10-19-16(22)24/h1,4-6,10-12H,3,7-9H2,(H,18,23)(H,19,24). The molecule has 7 heteroatoms. The molecule has 2 aromatic rings. The van der Waals surface area contributed by atoms with Gasteiger partial charge in [-0.15, -0.1) is 12.3 Å². The number of benzene rings is 1. The molecule has 0 radical (unpaired) electrons. The molecule has 0 atom stereocenters. The number of nitrogens with zero attached hydrogens (tertiary/aromatic N) is 3. The Morgan fingerprint density at radius 2 is 2.21 bits per heavy atom. The number of imidazole rings is 1. The van der Waals surface area contributed by atoms with Gasteiger partial charge in [-0.25, -0.2) is 4.79 Å². The van der Waals surface area contributed by atoms with Crippen LogP contribution in [0.1, 0.15) is 29.6 Å². The molecular formula is C17H17N5O2. The van der Waals surface area contributed by atoms with Crippen LogP contribution in [0.15, 0.2) is 51.7 Å². The minimum absolute atomic E-state index is 0.201. The van der Waals surface area contributed by atoms with Gasteiger partial charge >= 0.3 is 5.69 Å². The Balaban J connectivity index is 1.59. The van der Waals surface area contributed by atoms with E-state index in [4.69, 9.17) is 6.42 Å². The fourth-order valence-electron chi connectivity index (χ4n) is 2.47. The minimum Gasteiger partial charge on any atom is -0.352 e. The third-order valence-electron chi connectivity index (χ3n) is 3.90. The second-order valence-corrected chi connectivity index (χ2v) is 5.58. The molecule has 122 valence electrons. The van der Waals surface area contributed by atoms with Crippen molar-refractivity contribution in [3.05, 3.63) is 52.7 Å². The predicted molar refractivity (Wildman–Crippen MR) is 89.0 cm³/mol. The highest BCUT2D eigenvalue weighted by Crippen LogP contribution is 2.36. The molecular weight excluding hydrogens is 306 g/mol. The molecule has 1 aliphatic rings. The summed E-state index contributed by atoms with van der Waals surface area (Å²) in [6, 6.07) is 6.88. The summed E-state index contributed by atoms with van der Waals surface area (Å²) in [6.07, 6.45) is 10.4. The SMILES string of the molecule is C#CCCC1(CCNC(=O)c2cccc(-n3cc[nH]c3=O)c2)N=N1. The number of hydrogen-bond donors (Lipinski definition) is 2. The maximum absolute atomic E-state index is 12.3. The molecule has 1 aromatic heterocycles. The van der Waals surface area contributed by atoms with Gasteiger partial charge in [-0.3, -0.25) is 9.36 Å². The smallest absolute Gasteiger partial charge is 0.330 e. The lowest BCUT2D eigenvalue weighted by Crippen LogP contribution is -2.28. The lowest BCUT2D eigenvalue weighted by Gasteiger charge is -2.10. The number of amides is 1. The monoisotopic (exact) mass is 323 g/mol. The van der Waals surface area contributed by atoms with E-state index in [1.807, 2.05) is 0 Å². The number of H-pyrrole nitrogens is 1. The lowest BCUT2D eigenvalue weighted by molar-refractivity contribution is 0.0952. The molecule has 1 aliphatic heterocycles. The minimum atomic E-state index is -0.403. The average Bonchev–Trinajstić information content (AvgIpc) is 3.24. The van der Waals surface area contributed by atoms with E-state index in [-0.39, 0.29) is 11.6 Å². The summed E-state index contributed by atoms with van der Waals surface area (Å²) in [7, 11) is 0. The second kappa shape index (κ2) is 6.54.